The number of anilines is 3. The van der Waals surface area contributed by atoms with Crippen LogP contribution in [0.5, 0.6) is 0 Å². The second-order valence-corrected chi connectivity index (χ2v) is 13.4. The lowest BCUT2D eigenvalue weighted by Crippen LogP contribution is -2.36. The van der Waals surface area contributed by atoms with E-state index in [1.165, 1.54) is 50.6 Å². The molecule has 2 aromatic carbocycles. The molecule has 0 radical (unpaired) electrons. The van der Waals surface area contributed by atoms with E-state index in [1.807, 2.05) is 9.62 Å². The second-order valence-electron chi connectivity index (χ2n) is 11.6. The third kappa shape index (κ3) is 6.84. The lowest BCUT2D eigenvalue weighted by molar-refractivity contribution is 0.0949. The fraction of sp³-hybridized carbons (Fsp3) is 0.242. The third-order valence-electron chi connectivity index (χ3n) is 8.41. The van der Waals surface area contributed by atoms with Gasteiger partial charge in [-0.25, -0.2) is 28.3 Å². The number of hydrogen-bond acceptors (Lipinski definition) is 9. The van der Waals surface area contributed by atoms with Gasteiger partial charge in [-0.15, -0.1) is 0 Å². The Morgan fingerprint density at radius 2 is 1.69 bits per heavy atom. The van der Waals surface area contributed by atoms with E-state index in [2.05, 4.69) is 20.3 Å². The van der Waals surface area contributed by atoms with Gasteiger partial charge in [0, 0.05) is 61.2 Å². The molecule has 0 unspecified atom stereocenters. The summed E-state index contributed by atoms with van der Waals surface area (Å²) in [6, 6.07) is 9.85. The van der Waals surface area contributed by atoms with E-state index in [9.17, 15) is 23.1 Å². The fourth-order valence-electron chi connectivity index (χ4n) is 5.46. The Bertz CT molecular complexity index is 2250. The van der Waals surface area contributed by atoms with Gasteiger partial charge in [0.25, 0.3) is 11.8 Å². The van der Waals surface area contributed by atoms with Crippen molar-refractivity contribution in [3.05, 3.63) is 95.6 Å². The van der Waals surface area contributed by atoms with Gasteiger partial charge in [0.2, 0.25) is 17.8 Å². The Hall–Kier alpha value is -5.46. The molecule has 266 valence electrons. The second kappa shape index (κ2) is 14.0. The van der Waals surface area contributed by atoms with Crippen molar-refractivity contribution < 1.29 is 40.7 Å². The monoisotopic (exact) mass is 726 g/mol. The van der Waals surface area contributed by atoms with Crippen molar-refractivity contribution in [3.63, 3.8) is 0 Å². The lowest BCUT2D eigenvalue weighted by Gasteiger charge is -2.29. The fourth-order valence-corrected chi connectivity index (χ4v) is 6.39. The third-order valence-corrected chi connectivity index (χ3v) is 9.97. The topological polar surface area (TPSA) is 163 Å². The number of nitrogens with one attached hydrogen (secondary N) is 2. The molecule has 13 nitrogen and oxygen atoms in total. The maximum Gasteiger partial charge on any atom is 0.301 e. The molecule has 1 aliphatic rings. The van der Waals surface area contributed by atoms with Gasteiger partial charge in [0.15, 0.2) is 11.5 Å². The number of carbonyl (C=O) groups is 2. The normalized spacial score (nSPS) is 13.9. The summed E-state index contributed by atoms with van der Waals surface area (Å²) < 4.78 is 90.8. The van der Waals surface area contributed by atoms with Crippen molar-refractivity contribution in [2.75, 3.05) is 41.6 Å². The molecule has 0 atom stereocenters. The van der Waals surface area contributed by atoms with Crippen LogP contribution in [0.3, 0.4) is 0 Å². The Morgan fingerprint density at radius 1 is 1.02 bits per heavy atom. The maximum absolute atomic E-state index is 16.3. The van der Waals surface area contributed by atoms with Gasteiger partial charge in [-0.3, -0.25) is 14.3 Å². The van der Waals surface area contributed by atoms with Crippen molar-refractivity contribution in [1.82, 2.24) is 23.8 Å². The van der Waals surface area contributed by atoms with Crippen molar-refractivity contribution in [2.24, 2.45) is 0 Å². The van der Waals surface area contributed by atoms with E-state index in [4.69, 9.17) is 0 Å². The number of benzene rings is 2. The van der Waals surface area contributed by atoms with E-state index in [0.717, 1.165) is 16.4 Å². The number of aromatic nitrogens is 4. The Labute approximate surface area is 288 Å². The molecule has 3 aromatic heterocycles. The molecule has 4 heterocycles. The van der Waals surface area contributed by atoms with Gasteiger partial charge in [0.1, 0.15) is 17.1 Å². The molecule has 0 spiro atoms. The van der Waals surface area contributed by atoms with Gasteiger partial charge >= 0.3 is 10.2 Å². The minimum atomic E-state index is -4.29. The van der Waals surface area contributed by atoms with Crippen LogP contribution in [0.2, 0.25) is 0 Å². The lowest BCUT2D eigenvalue weighted by atomic mass is 10.1. The first-order chi connectivity index (χ1) is 24.3. The van der Waals surface area contributed by atoms with Crippen molar-refractivity contribution in [3.8, 4) is 11.1 Å². The van der Waals surface area contributed by atoms with Crippen LogP contribution in [-0.2, 0) is 10.2 Å². The first kappa shape index (κ1) is 35.4. The number of amides is 1. The van der Waals surface area contributed by atoms with Crippen molar-refractivity contribution >= 4 is 50.4 Å². The molecule has 0 saturated carbocycles. The summed E-state index contributed by atoms with van der Waals surface area (Å²) >= 11 is 0. The number of carbonyl (C=O) groups excluding carboxylic acids is 2. The number of hydrogen-bond donors (Lipinski definition) is 3. The average Bonchev–Trinajstić information content (AvgIpc) is 3.38. The SMILES string of the molecule is CCN(C)S(=O)(=O)Nc1ccc(F)c(C(=O)Nc2c(F)n(C(=O)c3ccccc3)c3nc(F)c(-c4cnc(N5CCC(O)CC5)nc4)cc23)c1F. The predicted octanol–water partition coefficient (Wildman–Crippen LogP) is 4.56. The summed E-state index contributed by atoms with van der Waals surface area (Å²) in [6.07, 6.45) is 3.20. The molecular weight excluding hydrogens is 696 g/mol. The zero-order valence-electron chi connectivity index (χ0n) is 27.1. The number of aliphatic hydroxyl groups is 1. The van der Waals surface area contributed by atoms with Crippen molar-refractivity contribution in [2.45, 2.75) is 25.9 Å². The van der Waals surface area contributed by atoms with Crippen LogP contribution in [0.15, 0.2) is 60.9 Å². The highest BCUT2D eigenvalue weighted by molar-refractivity contribution is 7.90. The Balaban J connectivity index is 1.44. The van der Waals surface area contributed by atoms with Crippen LogP contribution in [0.1, 0.15) is 40.5 Å². The zero-order valence-corrected chi connectivity index (χ0v) is 27.9. The summed E-state index contributed by atoms with van der Waals surface area (Å²) in [5, 5.41) is 11.6. The standard InChI is InChI=1S/C33H30F4N8O5S/c1-3-43(2)51(49,50)42-24-10-9-23(34)25(26(24)35)31(47)40-27-22-15-21(19-16-38-33(39-17-19)44-13-11-20(46)12-14-44)28(36)41-30(22)45(29(27)37)32(48)18-7-5-4-6-8-18/h4-10,15-17,20,42,46H,3,11-14H2,1-2H3,(H,40,47). The van der Waals surface area contributed by atoms with E-state index < -0.39 is 74.2 Å². The van der Waals surface area contributed by atoms with Gasteiger partial charge < -0.3 is 15.3 Å². The molecule has 1 saturated heterocycles. The first-order valence-corrected chi connectivity index (χ1v) is 17.0. The molecule has 5 aromatic rings. The average molecular weight is 727 g/mol. The van der Waals surface area contributed by atoms with Gasteiger partial charge in [0.05, 0.1) is 11.8 Å². The number of fused-ring (bicyclic) bond motifs is 1. The summed E-state index contributed by atoms with van der Waals surface area (Å²) in [5.41, 5.74) is -3.55. The van der Waals surface area contributed by atoms with Crippen LogP contribution < -0.4 is 14.9 Å². The minimum Gasteiger partial charge on any atom is -0.393 e. The smallest absolute Gasteiger partial charge is 0.301 e. The molecule has 0 bridgehead atoms. The Kier molecular flexibility index (Phi) is 9.74. The van der Waals surface area contributed by atoms with E-state index in [-0.39, 0.29) is 28.6 Å². The summed E-state index contributed by atoms with van der Waals surface area (Å²) in [4.78, 5) is 41.3. The zero-order chi connectivity index (χ0) is 36.6. The summed E-state index contributed by atoms with van der Waals surface area (Å²) in [5.74, 6) is -7.81. The van der Waals surface area contributed by atoms with Crippen LogP contribution in [0.25, 0.3) is 22.2 Å². The highest BCUT2D eigenvalue weighted by Crippen LogP contribution is 2.35. The highest BCUT2D eigenvalue weighted by Gasteiger charge is 2.30. The molecule has 1 fully saturated rings. The minimum absolute atomic E-state index is 0.00682. The van der Waals surface area contributed by atoms with Crippen LogP contribution in [-0.4, -0.2) is 81.9 Å². The number of pyridine rings is 1. The Morgan fingerprint density at radius 3 is 2.33 bits per heavy atom. The maximum atomic E-state index is 16.3. The number of piperidine rings is 1. The summed E-state index contributed by atoms with van der Waals surface area (Å²) in [6.45, 7) is 2.52. The molecule has 51 heavy (non-hydrogen) atoms. The van der Waals surface area contributed by atoms with Gasteiger partial charge in [-0.1, -0.05) is 25.1 Å². The molecule has 0 aliphatic carbocycles. The molecule has 6 rings (SSSR count). The molecule has 18 heteroatoms. The summed E-state index contributed by atoms with van der Waals surface area (Å²) in [7, 11) is -3.09. The van der Waals surface area contributed by atoms with Gasteiger partial charge in [-0.05, 0) is 43.2 Å². The quantitative estimate of drug-likeness (QED) is 0.146. The van der Waals surface area contributed by atoms with Crippen molar-refractivity contribution in [1.29, 1.82) is 0 Å². The van der Waals surface area contributed by atoms with Gasteiger partial charge in [-0.2, -0.15) is 21.5 Å². The molecular formula is C33H30F4N8O5S. The number of halogens is 4. The van der Waals surface area contributed by atoms with E-state index in [1.54, 1.807) is 6.07 Å². The molecule has 1 aliphatic heterocycles. The van der Waals surface area contributed by atoms with Crippen LogP contribution in [0.4, 0.5) is 34.9 Å². The van der Waals surface area contributed by atoms with E-state index in [0.29, 0.717) is 42.5 Å². The largest absolute Gasteiger partial charge is 0.393 e. The first-order valence-electron chi connectivity index (χ1n) is 15.6. The number of aliphatic hydroxyl groups excluding tert-OH is 1. The number of rotatable bonds is 9. The van der Waals surface area contributed by atoms with Crippen LogP contribution in [0, 0.1) is 23.5 Å². The molecule has 3 N–H and O–H groups in total. The highest BCUT2D eigenvalue weighted by atomic mass is 32.2. The van der Waals surface area contributed by atoms with E-state index >= 15 is 17.6 Å². The van der Waals surface area contributed by atoms with Crippen LogP contribution >= 0.6 is 0 Å². The predicted molar refractivity (Wildman–Crippen MR) is 179 cm³/mol. The molecule has 1 amide bonds. The number of nitrogens with zero attached hydrogens (tertiary/aromatic N) is 6.